The van der Waals surface area contributed by atoms with Crippen LogP contribution in [0.15, 0.2) is 49.1 Å². The van der Waals surface area contributed by atoms with E-state index in [0.29, 0.717) is 10.5 Å². The highest BCUT2D eigenvalue weighted by Gasteiger charge is 2.41. The van der Waals surface area contributed by atoms with Gasteiger partial charge in [0.15, 0.2) is 0 Å². The van der Waals surface area contributed by atoms with E-state index in [1.807, 2.05) is 13.0 Å². The fourth-order valence-electron chi connectivity index (χ4n) is 3.61. The molecule has 0 bridgehead atoms. The van der Waals surface area contributed by atoms with E-state index in [1.54, 1.807) is 23.7 Å². The Labute approximate surface area is 170 Å². The maximum absolute atomic E-state index is 14.7. The summed E-state index contributed by atoms with van der Waals surface area (Å²) in [5, 5.41) is 21.7. The van der Waals surface area contributed by atoms with E-state index in [1.165, 1.54) is 23.4 Å². The normalized spacial score (nSPS) is 14.8. The zero-order valence-corrected chi connectivity index (χ0v) is 16.5. The molecule has 9 heteroatoms. The Balaban J connectivity index is 1.90. The number of halogens is 3. The molecule has 2 aromatic carbocycles. The van der Waals surface area contributed by atoms with Gasteiger partial charge in [-0.1, -0.05) is 17.7 Å². The zero-order valence-electron chi connectivity index (χ0n) is 15.7. The Morgan fingerprint density at radius 1 is 1.21 bits per heavy atom. The van der Waals surface area contributed by atoms with Crippen molar-refractivity contribution < 1.29 is 13.9 Å². The van der Waals surface area contributed by atoms with Gasteiger partial charge in [-0.2, -0.15) is 10.2 Å². The molecule has 6 nitrogen and oxygen atoms in total. The van der Waals surface area contributed by atoms with E-state index < -0.39 is 23.3 Å². The average molecular weight is 418 g/mol. The van der Waals surface area contributed by atoms with E-state index >= 15 is 0 Å². The highest BCUT2D eigenvalue weighted by molar-refractivity contribution is 6.31. The highest BCUT2D eigenvalue weighted by atomic mass is 35.5. The molecule has 4 aromatic rings. The number of rotatable bonds is 5. The second-order valence-electron chi connectivity index (χ2n) is 7.01. The Kier molecular flexibility index (Phi) is 4.84. The van der Waals surface area contributed by atoms with Crippen molar-refractivity contribution in [3.63, 3.8) is 0 Å². The molecule has 0 saturated heterocycles. The second kappa shape index (κ2) is 7.20. The van der Waals surface area contributed by atoms with Crippen molar-refractivity contribution in [3.05, 3.63) is 77.0 Å². The molecule has 0 aliphatic heterocycles. The zero-order chi connectivity index (χ0) is 20.8. The van der Waals surface area contributed by atoms with Crippen LogP contribution in [-0.4, -0.2) is 29.7 Å². The summed E-state index contributed by atoms with van der Waals surface area (Å²) < 4.78 is 31.3. The molecule has 0 aliphatic rings. The van der Waals surface area contributed by atoms with Gasteiger partial charge in [0.2, 0.25) is 0 Å². The number of aryl methyl sites for hydroxylation is 1. The Morgan fingerprint density at radius 3 is 2.69 bits per heavy atom. The highest BCUT2D eigenvalue weighted by Crippen LogP contribution is 2.38. The lowest BCUT2D eigenvalue weighted by Gasteiger charge is -2.35. The molecule has 150 valence electrons. The van der Waals surface area contributed by atoms with Gasteiger partial charge in [0.25, 0.3) is 0 Å². The van der Waals surface area contributed by atoms with Crippen LogP contribution in [-0.2, 0) is 12.1 Å². The summed E-state index contributed by atoms with van der Waals surface area (Å²) in [5.41, 5.74) is -0.433. The Bertz CT molecular complexity index is 1180. The number of aliphatic hydroxyl groups is 1. The first-order chi connectivity index (χ1) is 13.8. The van der Waals surface area contributed by atoms with Crippen LogP contribution in [0.3, 0.4) is 0 Å². The lowest BCUT2D eigenvalue weighted by molar-refractivity contribution is -0.0355. The standard InChI is InChI=1S/C20H18ClF2N5O/c1-12-16-5-3-14(21)7-19(16)28(26-12)13(2)20(29,9-27-11-24-10-25-27)17-6-4-15(22)8-18(17)23/h3-8,10-11,13,29H,9H2,1-2H3/t13-,20-/m1/s1. The molecule has 1 N–H and O–H groups in total. The van der Waals surface area contributed by atoms with Gasteiger partial charge in [-0.15, -0.1) is 0 Å². The maximum Gasteiger partial charge on any atom is 0.137 e. The van der Waals surface area contributed by atoms with Gasteiger partial charge in [0.1, 0.15) is 29.9 Å². The van der Waals surface area contributed by atoms with Crippen molar-refractivity contribution in [2.24, 2.45) is 0 Å². The summed E-state index contributed by atoms with van der Waals surface area (Å²) in [4.78, 5) is 3.88. The van der Waals surface area contributed by atoms with Crippen LogP contribution in [0.2, 0.25) is 5.02 Å². The summed E-state index contributed by atoms with van der Waals surface area (Å²) in [6, 6.07) is 7.70. The van der Waals surface area contributed by atoms with Gasteiger partial charge < -0.3 is 5.11 Å². The molecule has 2 heterocycles. The first kappa shape index (κ1) is 19.5. The van der Waals surface area contributed by atoms with Crippen molar-refractivity contribution in [2.75, 3.05) is 0 Å². The van der Waals surface area contributed by atoms with Crippen molar-refractivity contribution in [2.45, 2.75) is 32.0 Å². The Morgan fingerprint density at radius 2 is 2.00 bits per heavy atom. The molecule has 0 unspecified atom stereocenters. The summed E-state index contributed by atoms with van der Waals surface area (Å²) in [7, 11) is 0. The van der Waals surface area contributed by atoms with Crippen LogP contribution in [0.5, 0.6) is 0 Å². The minimum Gasteiger partial charge on any atom is -0.381 e. The van der Waals surface area contributed by atoms with Crippen molar-refractivity contribution >= 4 is 22.5 Å². The van der Waals surface area contributed by atoms with Crippen LogP contribution in [0.4, 0.5) is 8.78 Å². The molecule has 0 aliphatic carbocycles. The molecule has 4 rings (SSSR count). The fraction of sp³-hybridized carbons (Fsp3) is 0.250. The SMILES string of the molecule is Cc1nn([C@H](C)[C@](O)(Cn2cncn2)c2ccc(F)cc2F)c2cc(Cl)ccc12. The number of nitrogens with zero attached hydrogens (tertiary/aromatic N) is 5. The van der Waals surface area contributed by atoms with E-state index in [-0.39, 0.29) is 12.1 Å². The quantitative estimate of drug-likeness (QED) is 0.532. The summed E-state index contributed by atoms with van der Waals surface area (Å²) in [5.74, 6) is -1.58. The average Bonchev–Trinajstić information content (AvgIpc) is 3.28. The molecule has 29 heavy (non-hydrogen) atoms. The van der Waals surface area contributed by atoms with Crippen LogP contribution in [0.25, 0.3) is 10.9 Å². The molecule has 0 saturated carbocycles. The van der Waals surface area contributed by atoms with Gasteiger partial charge in [-0.3, -0.25) is 4.68 Å². The van der Waals surface area contributed by atoms with E-state index in [0.717, 1.165) is 23.2 Å². The van der Waals surface area contributed by atoms with Crippen LogP contribution in [0.1, 0.15) is 24.2 Å². The molecule has 0 spiro atoms. The van der Waals surface area contributed by atoms with Crippen molar-refractivity contribution in [1.29, 1.82) is 0 Å². The smallest absolute Gasteiger partial charge is 0.137 e. The Hall–Kier alpha value is -2.84. The topological polar surface area (TPSA) is 68.8 Å². The molecule has 0 amide bonds. The number of hydrogen-bond acceptors (Lipinski definition) is 4. The third-order valence-electron chi connectivity index (χ3n) is 5.18. The molecule has 0 radical (unpaired) electrons. The summed E-state index contributed by atoms with van der Waals surface area (Å²) in [6.45, 7) is 3.44. The van der Waals surface area contributed by atoms with Crippen molar-refractivity contribution in [1.82, 2.24) is 24.5 Å². The number of aromatic nitrogens is 5. The maximum atomic E-state index is 14.7. The van der Waals surface area contributed by atoms with Crippen molar-refractivity contribution in [3.8, 4) is 0 Å². The van der Waals surface area contributed by atoms with Gasteiger partial charge in [0.05, 0.1) is 23.8 Å². The van der Waals surface area contributed by atoms with E-state index in [9.17, 15) is 13.9 Å². The van der Waals surface area contributed by atoms with E-state index in [2.05, 4.69) is 15.2 Å². The molecular weight excluding hydrogens is 400 g/mol. The predicted octanol–water partition coefficient (Wildman–Crippen LogP) is 4.02. The molecule has 0 fully saturated rings. The lowest BCUT2D eigenvalue weighted by Crippen LogP contribution is -2.41. The minimum absolute atomic E-state index is 0.0646. The number of benzene rings is 2. The fourth-order valence-corrected chi connectivity index (χ4v) is 3.78. The third kappa shape index (κ3) is 3.38. The van der Waals surface area contributed by atoms with Gasteiger partial charge >= 0.3 is 0 Å². The monoisotopic (exact) mass is 417 g/mol. The van der Waals surface area contributed by atoms with Crippen LogP contribution >= 0.6 is 11.6 Å². The third-order valence-corrected chi connectivity index (χ3v) is 5.41. The molecule has 2 atom stereocenters. The summed E-state index contributed by atoms with van der Waals surface area (Å²) >= 11 is 6.17. The number of fused-ring (bicyclic) bond motifs is 1. The van der Waals surface area contributed by atoms with Crippen LogP contribution in [0, 0.1) is 18.6 Å². The van der Waals surface area contributed by atoms with Gasteiger partial charge in [0, 0.05) is 22.0 Å². The minimum atomic E-state index is -1.81. The second-order valence-corrected chi connectivity index (χ2v) is 7.45. The first-order valence-electron chi connectivity index (χ1n) is 8.94. The lowest BCUT2D eigenvalue weighted by atomic mass is 9.86. The van der Waals surface area contributed by atoms with Gasteiger partial charge in [-0.25, -0.2) is 18.4 Å². The van der Waals surface area contributed by atoms with Gasteiger partial charge in [-0.05, 0) is 38.1 Å². The largest absolute Gasteiger partial charge is 0.381 e. The number of hydrogen-bond donors (Lipinski definition) is 1. The first-order valence-corrected chi connectivity index (χ1v) is 9.32. The van der Waals surface area contributed by atoms with Crippen LogP contribution < -0.4 is 0 Å². The molecular formula is C20H18ClF2N5O. The summed E-state index contributed by atoms with van der Waals surface area (Å²) in [6.07, 6.45) is 2.74. The van der Waals surface area contributed by atoms with E-state index in [4.69, 9.17) is 11.6 Å². The predicted molar refractivity (Wildman–Crippen MR) is 104 cm³/mol. The molecule has 2 aromatic heterocycles.